The zero-order valence-corrected chi connectivity index (χ0v) is 19.3. The van der Waals surface area contributed by atoms with E-state index in [1.54, 1.807) is 18.2 Å². The standard InChI is InChI=1S/C23H30FN3O4S/c1-23(2,11-5-15-31-20-7-3-6-18(24)16-20)22(28)26-19-9-13-27(14-10-19)32(29,30)21-8-4-12-25-17-21/h3-4,6-8,12,16-17,19H,5,9-11,13-15H2,1-2H3,(H,26,28). The highest BCUT2D eigenvalue weighted by Gasteiger charge is 2.33. The predicted molar refractivity (Wildman–Crippen MR) is 119 cm³/mol. The summed E-state index contributed by atoms with van der Waals surface area (Å²) in [5.74, 6) is 0.0681. The number of piperidine rings is 1. The van der Waals surface area contributed by atoms with Crippen molar-refractivity contribution in [2.75, 3.05) is 19.7 Å². The second-order valence-electron chi connectivity index (χ2n) is 8.63. The first-order valence-electron chi connectivity index (χ1n) is 10.8. The van der Waals surface area contributed by atoms with Gasteiger partial charge in [0.15, 0.2) is 0 Å². The number of halogens is 1. The van der Waals surface area contributed by atoms with E-state index < -0.39 is 15.4 Å². The molecule has 1 N–H and O–H groups in total. The van der Waals surface area contributed by atoms with Gasteiger partial charge in [0.1, 0.15) is 16.5 Å². The number of hydrogen-bond acceptors (Lipinski definition) is 5. The van der Waals surface area contributed by atoms with Gasteiger partial charge in [0.2, 0.25) is 15.9 Å². The van der Waals surface area contributed by atoms with Crippen LogP contribution in [-0.2, 0) is 14.8 Å². The molecule has 7 nitrogen and oxygen atoms in total. The second kappa shape index (κ2) is 10.4. The van der Waals surface area contributed by atoms with Gasteiger partial charge in [-0.1, -0.05) is 19.9 Å². The summed E-state index contributed by atoms with van der Waals surface area (Å²) in [5.41, 5.74) is -0.593. The zero-order chi connectivity index (χ0) is 23.2. The number of nitrogens with one attached hydrogen (secondary N) is 1. The van der Waals surface area contributed by atoms with Crippen LogP contribution < -0.4 is 10.1 Å². The van der Waals surface area contributed by atoms with Gasteiger partial charge in [-0.15, -0.1) is 0 Å². The van der Waals surface area contributed by atoms with Crippen LogP contribution in [0.4, 0.5) is 4.39 Å². The van der Waals surface area contributed by atoms with Crippen LogP contribution in [-0.4, -0.2) is 49.4 Å². The van der Waals surface area contributed by atoms with Gasteiger partial charge in [-0.2, -0.15) is 4.31 Å². The monoisotopic (exact) mass is 463 g/mol. The number of benzene rings is 1. The fraction of sp³-hybridized carbons (Fsp3) is 0.478. The molecule has 0 spiro atoms. The Morgan fingerprint density at radius 2 is 2.00 bits per heavy atom. The Morgan fingerprint density at radius 1 is 1.25 bits per heavy atom. The number of carbonyl (C=O) groups excluding carboxylic acids is 1. The lowest BCUT2D eigenvalue weighted by Gasteiger charge is -2.33. The molecule has 3 rings (SSSR count). The molecular formula is C23H30FN3O4S. The van der Waals surface area contributed by atoms with Gasteiger partial charge in [0.05, 0.1) is 6.61 Å². The van der Waals surface area contributed by atoms with Crippen molar-refractivity contribution in [1.29, 1.82) is 0 Å². The number of amides is 1. The lowest BCUT2D eigenvalue weighted by molar-refractivity contribution is -0.130. The molecule has 1 saturated heterocycles. The minimum Gasteiger partial charge on any atom is -0.493 e. The van der Waals surface area contributed by atoms with Crippen LogP contribution in [0.5, 0.6) is 5.75 Å². The van der Waals surface area contributed by atoms with Gasteiger partial charge in [-0.25, -0.2) is 12.8 Å². The minimum absolute atomic E-state index is 0.0585. The minimum atomic E-state index is -3.56. The molecule has 1 aromatic carbocycles. The van der Waals surface area contributed by atoms with Crippen LogP contribution in [0.3, 0.4) is 0 Å². The summed E-state index contributed by atoms with van der Waals surface area (Å²) >= 11 is 0. The lowest BCUT2D eigenvalue weighted by atomic mass is 9.86. The molecule has 9 heteroatoms. The Bertz CT molecular complexity index is 1010. The molecule has 0 unspecified atom stereocenters. The molecule has 0 radical (unpaired) electrons. The van der Waals surface area contributed by atoms with Crippen molar-refractivity contribution >= 4 is 15.9 Å². The molecule has 1 fully saturated rings. The fourth-order valence-electron chi connectivity index (χ4n) is 3.64. The summed E-state index contributed by atoms with van der Waals surface area (Å²) in [6.07, 6.45) is 5.27. The van der Waals surface area contributed by atoms with Crippen molar-refractivity contribution in [1.82, 2.24) is 14.6 Å². The van der Waals surface area contributed by atoms with Crippen molar-refractivity contribution in [3.63, 3.8) is 0 Å². The van der Waals surface area contributed by atoms with E-state index in [1.807, 2.05) is 13.8 Å². The van der Waals surface area contributed by atoms with E-state index in [2.05, 4.69) is 10.3 Å². The molecule has 174 valence electrons. The SMILES string of the molecule is CC(C)(CCCOc1cccc(F)c1)C(=O)NC1CCN(S(=O)(=O)c2cccnc2)CC1. The molecule has 1 aliphatic rings. The Hall–Kier alpha value is -2.52. The van der Waals surface area contributed by atoms with E-state index in [0.717, 1.165) is 0 Å². The molecule has 0 bridgehead atoms. The van der Waals surface area contributed by atoms with E-state index in [9.17, 15) is 17.6 Å². The molecule has 1 amide bonds. The summed E-state index contributed by atoms with van der Waals surface area (Å²) in [4.78, 5) is 16.9. The third-order valence-electron chi connectivity index (χ3n) is 5.69. The van der Waals surface area contributed by atoms with Crippen LogP contribution in [0.1, 0.15) is 39.5 Å². The maximum atomic E-state index is 13.2. The molecule has 0 saturated carbocycles. The average molecular weight is 464 g/mol. The quantitative estimate of drug-likeness (QED) is 0.576. The number of aromatic nitrogens is 1. The second-order valence-corrected chi connectivity index (χ2v) is 10.6. The maximum absolute atomic E-state index is 13.2. The van der Waals surface area contributed by atoms with E-state index in [1.165, 1.54) is 34.9 Å². The number of pyridine rings is 1. The molecule has 1 aromatic heterocycles. The molecule has 0 aliphatic carbocycles. The summed E-state index contributed by atoms with van der Waals surface area (Å²) in [6.45, 7) is 4.86. The smallest absolute Gasteiger partial charge is 0.244 e. The highest BCUT2D eigenvalue weighted by Crippen LogP contribution is 2.25. The molecule has 32 heavy (non-hydrogen) atoms. The van der Waals surface area contributed by atoms with Crippen LogP contribution >= 0.6 is 0 Å². The Kier molecular flexibility index (Phi) is 7.84. The molecule has 2 aromatic rings. The number of sulfonamides is 1. The van der Waals surface area contributed by atoms with E-state index in [-0.39, 0.29) is 22.7 Å². The first-order valence-corrected chi connectivity index (χ1v) is 12.2. The van der Waals surface area contributed by atoms with Gasteiger partial charge in [0.25, 0.3) is 0 Å². The molecule has 1 aliphatic heterocycles. The predicted octanol–water partition coefficient (Wildman–Crippen LogP) is 3.38. The molecule has 2 heterocycles. The first kappa shape index (κ1) is 24.1. The van der Waals surface area contributed by atoms with Crippen LogP contribution in [0.25, 0.3) is 0 Å². The number of carbonyl (C=O) groups is 1. The van der Waals surface area contributed by atoms with Crippen LogP contribution in [0, 0.1) is 11.2 Å². The Balaban J connectivity index is 1.43. The van der Waals surface area contributed by atoms with Gasteiger partial charge in [-0.05, 0) is 49.9 Å². The van der Waals surface area contributed by atoms with Crippen molar-refractivity contribution < 1.29 is 22.3 Å². The van der Waals surface area contributed by atoms with Crippen LogP contribution in [0.15, 0.2) is 53.7 Å². The summed E-state index contributed by atoms with van der Waals surface area (Å²) in [5, 5.41) is 3.07. The molecule has 0 atom stereocenters. The number of ether oxygens (including phenoxy) is 1. The average Bonchev–Trinajstić information content (AvgIpc) is 2.78. The van der Waals surface area contributed by atoms with Gasteiger partial charge in [-0.3, -0.25) is 9.78 Å². The topological polar surface area (TPSA) is 88.6 Å². The van der Waals surface area contributed by atoms with Crippen molar-refractivity contribution in [3.05, 3.63) is 54.6 Å². The third-order valence-corrected chi connectivity index (χ3v) is 7.57. The lowest BCUT2D eigenvalue weighted by Crippen LogP contribution is -2.49. The fourth-order valence-corrected chi connectivity index (χ4v) is 5.08. The maximum Gasteiger partial charge on any atom is 0.244 e. The largest absolute Gasteiger partial charge is 0.493 e. The van der Waals surface area contributed by atoms with Crippen LogP contribution in [0.2, 0.25) is 0 Å². The highest BCUT2D eigenvalue weighted by atomic mass is 32.2. The Morgan fingerprint density at radius 3 is 2.66 bits per heavy atom. The van der Waals surface area contributed by atoms with Gasteiger partial charge in [0, 0.05) is 43.0 Å². The molecular weight excluding hydrogens is 433 g/mol. The Labute approximate surface area is 189 Å². The summed E-state index contributed by atoms with van der Waals surface area (Å²) < 4.78 is 45.6. The van der Waals surface area contributed by atoms with Crippen molar-refractivity contribution in [3.8, 4) is 5.75 Å². The number of nitrogens with zero attached hydrogens (tertiary/aromatic N) is 2. The zero-order valence-electron chi connectivity index (χ0n) is 18.5. The van der Waals surface area contributed by atoms with E-state index in [0.29, 0.717) is 51.1 Å². The summed E-state index contributed by atoms with van der Waals surface area (Å²) in [6, 6.07) is 9.06. The highest BCUT2D eigenvalue weighted by molar-refractivity contribution is 7.89. The van der Waals surface area contributed by atoms with Crippen molar-refractivity contribution in [2.45, 2.75) is 50.5 Å². The van der Waals surface area contributed by atoms with Gasteiger partial charge < -0.3 is 10.1 Å². The normalized spacial score (nSPS) is 16.0. The first-order chi connectivity index (χ1) is 15.2. The van der Waals surface area contributed by atoms with E-state index >= 15 is 0 Å². The van der Waals surface area contributed by atoms with Gasteiger partial charge >= 0.3 is 0 Å². The number of rotatable bonds is 9. The third kappa shape index (κ3) is 6.26. The summed E-state index contributed by atoms with van der Waals surface area (Å²) in [7, 11) is -3.56. The number of hydrogen-bond donors (Lipinski definition) is 1. The van der Waals surface area contributed by atoms with E-state index in [4.69, 9.17) is 4.74 Å². The van der Waals surface area contributed by atoms with Crippen molar-refractivity contribution in [2.24, 2.45) is 5.41 Å².